The van der Waals surface area contributed by atoms with E-state index in [9.17, 15) is 8.78 Å². The number of hydrogen-bond acceptors (Lipinski definition) is 2. The molecule has 0 spiro atoms. The summed E-state index contributed by atoms with van der Waals surface area (Å²) in [6.45, 7) is 0. The van der Waals surface area contributed by atoms with Gasteiger partial charge in [0.15, 0.2) is 15.6 Å². The van der Waals surface area contributed by atoms with Gasteiger partial charge >= 0.3 is 16.7 Å². The van der Waals surface area contributed by atoms with Crippen molar-refractivity contribution in [2.75, 3.05) is 6.26 Å². The Morgan fingerprint density at radius 1 is 0.967 bits per heavy atom. The first-order valence-corrected chi connectivity index (χ1v) is 10.8. The van der Waals surface area contributed by atoms with E-state index in [4.69, 9.17) is 12.2 Å². The Balaban J connectivity index is 0.00000320. The van der Waals surface area contributed by atoms with Crippen molar-refractivity contribution < 1.29 is 46.1 Å². The predicted octanol–water partition coefficient (Wildman–Crippen LogP) is 3.23. The molecule has 0 saturated heterocycles. The van der Waals surface area contributed by atoms with Gasteiger partial charge in [0, 0.05) is 27.1 Å². The second-order valence-electron chi connectivity index (χ2n) is 6.18. The summed E-state index contributed by atoms with van der Waals surface area (Å²) < 4.78 is 60.3. The number of alkyl halides is 5. The quantitative estimate of drug-likeness (QED) is 0.141. The molecule has 0 fully saturated rings. The smallest absolute Gasteiger partial charge is 0.474 e. The number of nitrogens with zero attached hydrogens (tertiary/aromatic N) is 2. The van der Waals surface area contributed by atoms with Crippen LogP contribution < -0.4 is 28.5 Å². The third kappa shape index (κ3) is 4.46. The van der Waals surface area contributed by atoms with Crippen molar-refractivity contribution in [1.82, 2.24) is 4.57 Å². The molecule has 3 aromatic rings. The summed E-state index contributed by atoms with van der Waals surface area (Å²) in [5.41, 5.74) is 1.29. The number of hydrogen-bond donors (Lipinski definition) is 0. The van der Waals surface area contributed by atoms with Crippen molar-refractivity contribution in [3.05, 3.63) is 66.5 Å². The van der Waals surface area contributed by atoms with E-state index in [-0.39, 0.29) is 39.7 Å². The highest BCUT2D eigenvalue weighted by Crippen LogP contribution is 2.47. The molecule has 0 saturated carbocycles. The molecule has 2 nitrogen and oxygen atoms in total. The van der Waals surface area contributed by atoms with Crippen LogP contribution in [0.5, 0.6) is 0 Å². The average Bonchev–Trinajstić information content (AvgIpc) is 3.01. The van der Waals surface area contributed by atoms with Crippen LogP contribution in [0, 0.1) is 0 Å². The van der Waals surface area contributed by atoms with Gasteiger partial charge in [-0.3, -0.25) is 0 Å². The van der Waals surface area contributed by atoms with Gasteiger partial charge in [-0.15, -0.1) is 11.8 Å². The fourth-order valence-corrected chi connectivity index (χ4v) is 3.95. The van der Waals surface area contributed by atoms with E-state index in [0.29, 0.717) is 21.4 Å². The molecule has 0 radical (unpaired) electrons. The number of imidazole rings is 1. The highest BCUT2D eigenvalue weighted by Gasteiger charge is 2.64. The Bertz CT molecular complexity index is 1040. The van der Waals surface area contributed by atoms with Crippen molar-refractivity contribution in [2.24, 2.45) is 7.05 Å². The zero-order valence-corrected chi connectivity index (χ0v) is 21.1. The molecule has 160 valence electrons. The molecule has 10 heteroatoms. The molecule has 2 aromatic carbocycles. The van der Waals surface area contributed by atoms with Gasteiger partial charge in [-0.05, 0) is 6.26 Å². The lowest BCUT2D eigenvalue weighted by Gasteiger charge is -2.21. The lowest BCUT2D eigenvalue weighted by atomic mass is 10.0. The van der Waals surface area contributed by atoms with Crippen LogP contribution >= 0.6 is 39.9 Å². The lowest BCUT2D eigenvalue weighted by Crippen LogP contribution is -3.00. The first-order valence-electron chi connectivity index (χ1n) is 8.40. The summed E-state index contributed by atoms with van der Waals surface area (Å²) in [4.78, 5) is -4.49. The van der Waals surface area contributed by atoms with Crippen molar-refractivity contribution in [3.63, 3.8) is 0 Å². The normalized spacial score (nSPS) is 11.8. The van der Waals surface area contributed by atoms with E-state index in [1.54, 1.807) is 74.0 Å². The third-order valence-corrected chi connectivity index (χ3v) is 6.11. The lowest BCUT2D eigenvalue weighted by molar-refractivity contribution is -0.661. The summed E-state index contributed by atoms with van der Waals surface area (Å²) in [7, 11) is 1.55. The van der Waals surface area contributed by atoms with E-state index in [0.717, 1.165) is 11.8 Å². The zero-order chi connectivity index (χ0) is 21.4. The summed E-state index contributed by atoms with van der Waals surface area (Å²) in [6, 6.07) is 12.5. The van der Waals surface area contributed by atoms with E-state index >= 15 is 8.78 Å². The summed E-state index contributed by atoms with van der Waals surface area (Å²) in [5, 5.41) is 0. The van der Waals surface area contributed by atoms with Crippen LogP contribution in [0.2, 0.25) is 0 Å². The molecule has 0 N–H and O–H groups in total. The highest BCUT2D eigenvalue weighted by molar-refractivity contribution is 9.10. The molecular weight excluding hydrogens is 615 g/mol. The first-order chi connectivity index (χ1) is 13.6. The van der Waals surface area contributed by atoms with Crippen LogP contribution in [-0.2, 0) is 13.1 Å². The average molecular weight is 631 g/mol. The maximum Gasteiger partial charge on any atom is 0.474 e. The Labute approximate surface area is 206 Å². The Morgan fingerprint density at radius 3 is 1.87 bits per heavy atom. The van der Waals surface area contributed by atoms with Crippen molar-refractivity contribution in [1.29, 1.82) is 0 Å². The van der Waals surface area contributed by atoms with Gasteiger partial charge in [-0.1, -0.05) is 72.9 Å². The number of thiocarbonyl (C=S) groups is 1. The molecule has 0 unspecified atom stereocenters. The maximum atomic E-state index is 15.2. The topological polar surface area (TPSA) is 8.81 Å². The second kappa shape index (κ2) is 9.66. The van der Waals surface area contributed by atoms with Crippen LogP contribution in [-0.4, -0.2) is 19.9 Å². The van der Waals surface area contributed by atoms with Crippen LogP contribution in [0.4, 0.5) is 17.6 Å². The number of aromatic nitrogens is 2. The molecule has 3 rings (SSSR count). The van der Waals surface area contributed by atoms with E-state index in [2.05, 4.69) is 0 Å². The summed E-state index contributed by atoms with van der Waals surface area (Å²) >= 11 is 8.21. The molecule has 0 atom stereocenters. The van der Waals surface area contributed by atoms with Gasteiger partial charge in [-0.25, -0.2) is 4.57 Å². The zero-order valence-electron chi connectivity index (χ0n) is 15.8. The molecule has 0 aliphatic rings. The summed E-state index contributed by atoms with van der Waals surface area (Å²) in [5.74, 6) is -0.172. The van der Waals surface area contributed by atoms with Crippen molar-refractivity contribution in [2.45, 2.75) is 10.9 Å². The van der Waals surface area contributed by atoms with E-state index in [1.807, 2.05) is 15.9 Å². The van der Waals surface area contributed by atoms with Gasteiger partial charge in [0.25, 0.3) is 0 Å². The largest absolute Gasteiger partial charge is 1.00 e. The minimum absolute atomic E-state index is 0. The molecular formula is C20H16BrF4IN2S2. The van der Waals surface area contributed by atoms with E-state index < -0.39 is 10.9 Å². The molecule has 0 amide bonds. The molecule has 0 aliphatic carbocycles. The van der Waals surface area contributed by atoms with E-state index in [1.165, 1.54) is 4.57 Å². The number of benzene rings is 2. The molecule has 1 heterocycles. The third-order valence-electron chi connectivity index (χ3n) is 4.40. The Kier molecular flexibility index (Phi) is 8.14. The van der Waals surface area contributed by atoms with Gasteiger partial charge in [0.1, 0.15) is 0 Å². The van der Waals surface area contributed by atoms with Gasteiger partial charge in [0.05, 0.1) is 7.05 Å². The minimum atomic E-state index is -4.59. The highest BCUT2D eigenvalue weighted by atomic mass is 127. The van der Waals surface area contributed by atoms with Crippen LogP contribution in [0.25, 0.3) is 22.5 Å². The summed E-state index contributed by atoms with van der Waals surface area (Å²) in [6.07, 6.45) is 1.62. The molecule has 1 aromatic heterocycles. The molecule has 30 heavy (non-hydrogen) atoms. The monoisotopic (exact) mass is 630 g/mol. The standard InChI is InChI=1S/C20H16BrF4N2S2.HI/c1-26-15(13-9-5-3-6-10-13)16(14-11-7-4-8-12-14)27(17(26)18(28)29-2)20(24,25)19(21,22)23;/h3-12H,1-2H3;1H/q+1;/p-1. The van der Waals surface area contributed by atoms with Crippen molar-refractivity contribution in [3.8, 4) is 22.5 Å². The maximum absolute atomic E-state index is 15.2. The first kappa shape index (κ1) is 25.3. The minimum Gasteiger partial charge on any atom is -1.00 e. The van der Waals surface area contributed by atoms with Gasteiger partial charge in [-0.2, -0.15) is 22.1 Å². The van der Waals surface area contributed by atoms with Crippen LogP contribution in [0.1, 0.15) is 5.82 Å². The van der Waals surface area contributed by atoms with Crippen LogP contribution in [0.3, 0.4) is 0 Å². The number of thioether (sulfide) groups is 1. The predicted molar refractivity (Wildman–Crippen MR) is 116 cm³/mol. The fraction of sp³-hybridized carbons (Fsp3) is 0.200. The SMILES string of the molecule is CSC(=S)c1n(C(F)(F)C(F)(F)Br)c(-c2ccccc2)c(-c2ccccc2)[n+]1C.[I-]. The van der Waals surface area contributed by atoms with Gasteiger partial charge < -0.3 is 24.0 Å². The number of halogens is 6. The molecule has 0 bridgehead atoms. The molecule has 0 aliphatic heterocycles. The second-order valence-corrected chi connectivity index (χ2v) is 8.66. The van der Waals surface area contributed by atoms with Gasteiger partial charge in [0.2, 0.25) is 0 Å². The fourth-order valence-electron chi connectivity index (χ4n) is 3.13. The van der Waals surface area contributed by atoms with Crippen LogP contribution in [0.15, 0.2) is 60.7 Å². The Hall–Kier alpha value is -0.980. The van der Waals surface area contributed by atoms with Crippen molar-refractivity contribution >= 4 is 44.1 Å². The Morgan fingerprint density at radius 2 is 1.43 bits per heavy atom. The number of rotatable bonds is 5.